The largest absolute Gasteiger partial charge is 0.358 e. The van der Waals surface area contributed by atoms with Gasteiger partial charge < -0.3 is 5.32 Å². The second-order valence-electron chi connectivity index (χ2n) is 9.82. The third-order valence-electron chi connectivity index (χ3n) is 7.17. The van der Waals surface area contributed by atoms with Gasteiger partial charge in [0, 0.05) is 26.7 Å². The molecule has 1 aliphatic rings. The molecule has 4 aromatic rings. The maximum Gasteiger partial charge on any atom is 0.243 e. The van der Waals surface area contributed by atoms with E-state index in [9.17, 15) is 21.6 Å². The van der Waals surface area contributed by atoms with E-state index in [1.165, 1.54) is 29.6 Å². The third kappa shape index (κ3) is 6.22. The van der Waals surface area contributed by atoms with E-state index >= 15 is 0 Å². The Bertz CT molecular complexity index is 1790. The Balaban J connectivity index is 1.38. The van der Waals surface area contributed by atoms with Gasteiger partial charge in [-0.3, -0.25) is 4.79 Å². The summed E-state index contributed by atoms with van der Waals surface area (Å²) in [5.41, 5.74) is 3.48. The first-order chi connectivity index (χ1) is 20.2. The fourth-order valence-corrected chi connectivity index (χ4v) is 7.96. The van der Waals surface area contributed by atoms with Crippen LogP contribution in [0.25, 0.3) is 23.3 Å². The summed E-state index contributed by atoms with van der Waals surface area (Å²) < 4.78 is 57.0. The molecular weight excluding hydrogens is 571 g/mol. The SMILES string of the molecule is CNC(=O)C1CN(S(=O)(=O)c2ccc(-c3ccccc3)cc2)CCN1S(=O)(=O)c1cccc(/C=C/c2ccccc2)c1. The van der Waals surface area contributed by atoms with Gasteiger partial charge in [0.1, 0.15) is 6.04 Å². The smallest absolute Gasteiger partial charge is 0.243 e. The second-order valence-corrected chi connectivity index (χ2v) is 13.6. The Morgan fingerprint density at radius 2 is 1.29 bits per heavy atom. The summed E-state index contributed by atoms with van der Waals surface area (Å²) >= 11 is 0. The average molecular weight is 602 g/mol. The number of nitrogens with one attached hydrogen (secondary N) is 1. The molecule has 216 valence electrons. The third-order valence-corrected chi connectivity index (χ3v) is 11.0. The van der Waals surface area contributed by atoms with Crippen molar-refractivity contribution in [2.75, 3.05) is 26.7 Å². The van der Waals surface area contributed by atoms with Crippen LogP contribution in [-0.2, 0) is 24.8 Å². The molecule has 1 atom stereocenters. The fraction of sp³-hybridized carbons (Fsp3) is 0.156. The summed E-state index contributed by atoms with van der Waals surface area (Å²) in [4.78, 5) is 13.0. The topological polar surface area (TPSA) is 104 Å². The number of likely N-dealkylation sites (N-methyl/N-ethyl adjacent to an activating group) is 1. The number of rotatable bonds is 8. The van der Waals surface area contributed by atoms with Crippen LogP contribution in [0.15, 0.2) is 119 Å². The predicted molar refractivity (Wildman–Crippen MR) is 164 cm³/mol. The van der Waals surface area contributed by atoms with Crippen LogP contribution in [0.1, 0.15) is 11.1 Å². The van der Waals surface area contributed by atoms with Crippen LogP contribution < -0.4 is 5.32 Å². The molecular formula is C32H31N3O5S2. The van der Waals surface area contributed by atoms with Crippen LogP contribution in [0.5, 0.6) is 0 Å². The highest BCUT2D eigenvalue weighted by molar-refractivity contribution is 7.89. The zero-order valence-electron chi connectivity index (χ0n) is 23.0. The van der Waals surface area contributed by atoms with Gasteiger partial charge >= 0.3 is 0 Å². The molecule has 0 aliphatic carbocycles. The van der Waals surface area contributed by atoms with Crippen molar-refractivity contribution in [3.05, 3.63) is 120 Å². The van der Waals surface area contributed by atoms with E-state index in [2.05, 4.69) is 5.32 Å². The van der Waals surface area contributed by atoms with E-state index in [1.807, 2.05) is 72.8 Å². The first kappa shape index (κ1) is 29.4. The molecule has 0 bridgehead atoms. The lowest BCUT2D eigenvalue weighted by atomic mass is 10.1. The Hall–Kier alpha value is -4.09. The summed E-state index contributed by atoms with van der Waals surface area (Å²) in [5.74, 6) is -0.585. The molecule has 42 heavy (non-hydrogen) atoms. The van der Waals surface area contributed by atoms with Crippen LogP contribution in [0, 0.1) is 0 Å². The van der Waals surface area contributed by atoms with E-state index < -0.39 is 32.0 Å². The van der Waals surface area contributed by atoms with Crippen molar-refractivity contribution >= 4 is 38.1 Å². The molecule has 10 heteroatoms. The van der Waals surface area contributed by atoms with Crippen molar-refractivity contribution in [2.24, 2.45) is 0 Å². The molecule has 0 aromatic heterocycles. The van der Waals surface area contributed by atoms with Gasteiger partial charge in [0.15, 0.2) is 0 Å². The maximum atomic E-state index is 13.8. The standard InChI is InChI=1S/C32H31N3O5S2/c1-33-32(36)31-24-34(41(37,38)29-19-17-28(18-20-29)27-12-6-3-7-13-27)21-22-35(31)42(39,40)30-14-8-11-26(23-30)16-15-25-9-4-2-5-10-25/h2-20,23,31H,21-22,24H2,1H3,(H,33,36)/b16-15+. The van der Waals surface area contributed by atoms with Crippen molar-refractivity contribution in [3.63, 3.8) is 0 Å². The van der Waals surface area contributed by atoms with Gasteiger partial charge in [0.05, 0.1) is 9.79 Å². The Morgan fingerprint density at radius 3 is 1.95 bits per heavy atom. The van der Waals surface area contributed by atoms with Crippen molar-refractivity contribution < 1.29 is 21.6 Å². The van der Waals surface area contributed by atoms with E-state index in [1.54, 1.807) is 30.3 Å². The lowest BCUT2D eigenvalue weighted by Crippen LogP contribution is -2.61. The van der Waals surface area contributed by atoms with Crippen molar-refractivity contribution in [1.82, 2.24) is 13.9 Å². The van der Waals surface area contributed by atoms with E-state index in [0.717, 1.165) is 21.0 Å². The van der Waals surface area contributed by atoms with Gasteiger partial charge in [0.2, 0.25) is 26.0 Å². The lowest BCUT2D eigenvalue weighted by molar-refractivity contribution is -0.125. The Morgan fingerprint density at radius 1 is 0.690 bits per heavy atom. The van der Waals surface area contributed by atoms with E-state index in [4.69, 9.17) is 0 Å². The Labute approximate surface area is 247 Å². The number of hydrogen-bond acceptors (Lipinski definition) is 5. The first-order valence-corrected chi connectivity index (χ1v) is 16.3. The van der Waals surface area contributed by atoms with Gasteiger partial charge in [-0.15, -0.1) is 0 Å². The van der Waals surface area contributed by atoms with Crippen LogP contribution in [0.2, 0.25) is 0 Å². The molecule has 1 N–H and O–H groups in total. The lowest BCUT2D eigenvalue weighted by Gasteiger charge is -2.38. The normalized spacial score (nSPS) is 16.8. The minimum atomic E-state index is -4.12. The number of hydrogen-bond donors (Lipinski definition) is 1. The molecule has 0 radical (unpaired) electrons. The molecule has 1 aliphatic heterocycles. The number of sulfonamides is 2. The summed E-state index contributed by atoms with van der Waals surface area (Å²) in [5, 5.41) is 2.50. The molecule has 1 unspecified atom stereocenters. The predicted octanol–water partition coefficient (Wildman–Crippen LogP) is 4.33. The van der Waals surface area contributed by atoms with Crippen LogP contribution in [0.3, 0.4) is 0 Å². The zero-order valence-corrected chi connectivity index (χ0v) is 24.6. The van der Waals surface area contributed by atoms with Gasteiger partial charge in [-0.05, 0) is 46.5 Å². The monoisotopic (exact) mass is 601 g/mol. The zero-order chi connectivity index (χ0) is 29.7. The first-order valence-electron chi connectivity index (χ1n) is 13.4. The molecule has 1 saturated heterocycles. The minimum absolute atomic E-state index is 0.0272. The maximum absolute atomic E-state index is 13.8. The molecule has 1 amide bonds. The molecule has 1 heterocycles. The Kier molecular flexibility index (Phi) is 8.69. The van der Waals surface area contributed by atoms with Gasteiger partial charge in [-0.25, -0.2) is 16.8 Å². The number of carbonyl (C=O) groups is 1. The fourth-order valence-electron chi connectivity index (χ4n) is 4.90. The quantitative estimate of drug-likeness (QED) is 0.303. The summed E-state index contributed by atoms with van der Waals surface area (Å²) in [6.45, 7) is -0.579. The molecule has 0 spiro atoms. The average Bonchev–Trinajstić information content (AvgIpc) is 3.04. The molecule has 5 rings (SSSR count). The number of piperazine rings is 1. The molecule has 0 saturated carbocycles. The number of nitrogens with zero attached hydrogens (tertiary/aromatic N) is 2. The molecule has 8 nitrogen and oxygen atoms in total. The number of amides is 1. The molecule has 1 fully saturated rings. The van der Waals surface area contributed by atoms with Crippen LogP contribution >= 0.6 is 0 Å². The van der Waals surface area contributed by atoms with Crippen molar-refractivity contribution in [2.45, 2.75) is 15.8 Å². The van der Waals surface area contributed by atoms with Gasteiger partial charge in [0.25, 0.3) is 0 Å². The van der Waals surface area contributed by atoms with Crippen LogP contribution in [0.4, 0.5) is 0 Å². The summed E-state index contributed by atoms with van der Waals surface area (Å²) in [6, 6.07) is 31.0. The highest BCUT2D eigenvalue weighted by Crippen LogP contribution is 2.28. The summed E-state index contributed by atoms with van der Waals surface area (Å²) in [6.07, 6.45) is 3.70. The highest BCUT2D eigenvalue weighted by Gasteiger charge is 2.43. The molecule has 4 aromatic carbocycles. The van der Waals surface area contributed by atoms with Gasteiger partial charge in [-0.1, -0.05) is 97.1 Å². The highest BCUT2D eigenvalue weighted by atomic mass is 32.2. The minimum Gasteiger partial charge on any atom is -0.358 e. The second kappa shape index (κ2) is 12.4. The van der Waals surface area contributed by atoms with E-state index in [0.29, 0.717) is 5.56 Å². The van der Waals surface area contributed by atoms with Gasteiger partial charge in [-0.2, -0.15) is 8.61 Å². The van der Waals surface area contributed by atoms with E-state index in [-0.39, 0.29) is 29.4 Å². The van der Waals surface area contributed by atoms with Crippen molar-refractivity contribution in [3.8, 4) is 11.1 Å². The van der Waals surface area contributed by atoms with Crippen molar-refractivity contribution in [1.29, 1.82) is 0 Å². The van der Waals surface area contributed by atoms with Crippen LogP contribution in [-0.4, -0.2) is 64.1 Å². The number of carbonyl (C=O) groups excluding carboxylic acids is 1. The number of benzene rings is 4. The summed E-state index contributed by atoms with van der Waals surface area (Å²) in [7, 11) is -6.71.